The third-order valence-electron chi connectivity index (χ3n) is 5.49. The van der Waals surface area contributed by atoms with Crippen LogP contribution in [-0.2, 0) is 4.74 Å². The number of hydrogen-bond acceptors (Lipinski definition) is 6. The summed E-state index contributed by atoms with van der Waals surface area (Å²) in [5.41, 5.74) is 3.96. The standard InChI is InChI=1S/C24H23N5O3/c1-31-19-8-7-18(16-5-3-2-4-6-16)21-22(19)27-24(26-21)28-23(30)17-9-10-25-20(15-17)29-11-13-32-14-12-29/h2-10,15H,11-14H2,1H3,(H2,26,27,28,30). The molecule has 0 radical (unpaired) electrons. The number of morpholine rings is 1. The average Bonchev–Trinajstić information content (AvgIpc) is 3.28. The summed E-state index contributed by atoms with van der Waals surface area (Å²) in [6.45, 7) is 2.82. The molecular formula is C24H23N5O3. The first kappa shape index (κ1) is 20.0. The predicted octanol–water partition coefficient (Wildman–Crippen LogP) is 3.72. The van der Waals surface area contributed by atoms with E-state index in [4.69, 9.17) is 9.47 Å². The van der Waals surface area contributed by atoms with Gasteiger partial charge in [-0.25, -0.2) is 9.97 Å². The molecule has 0 unspecified atom stereocenters. The summed E-state index contributed by atoms with van der Waals surface area (Å²) >= 11 is 0. The van der Waals surface area contributed by atoms with Gasteiger partial charge in [0.15, 0.2) is 0 Å². The largest absolute Gasteiger partial charge is 0.494 e. The van der Waals surface area contributed by atoms with Crippen LogP contribution in [0.3, 0.4) is 0 Å². The number of aromatic nitrogens is 3. The van der Waals surface area contributed by atoms with Crippen LogP contribution >= 0.6 is 0 Å². The number of fused-ring (bicyclic) bond motifs is 1. The molecule has 5 rings (SSSR count). The predicted molar refractivity (Wildman–Crippen MR) is 123 cm³/mol. The number of benzene rings is 2. The molecule has 2 N–H and O–H groups in total. The summed E-state index contributed by atoms with van der Waals surface area (Å²) in [7, 11) is 1.61. The van der Waals surface area contributed by atoms with Gasteiger partial charge in [-0.05, 0) is 29.8 Å². The van der Waals surface area contributed by atoms with Crippen LogP contribution in [0.5, 0.6) is 5.75 Å². The maximum atomic E-state index is 13.0. The number of nitrogens with one attached hydrogen (secondary N) is 2. The Hall–Kier alpha value is -3.91. The van der Waals surface area contributed by atoms with Crippen LogP contribution in [0.15, 0.2) is 60.8 Å². The minimum atomic E-state index is -0.263. The van der Waals surface area contributed by atoms with Crippen molar-refractivity contribution in [3.05, 3.63) is 66.4 Å². The number of amides is 1. The number of imidazole rings is 1. The first-order valence-electron chi connectivity index (χ1n) is 10.4. The Morgan fingerprint density at radius 1 is 1.12 bits per heavy atom. The molecule has 0 bridgehead atoms. The number of carbonyl (C=O) groups excluding carboxylic acids is 1. The van der Waals surface area contributed by atoms with Crippen molar-refractivity contribution < 1.29 is 14.3 Å². The van der Waals surface area contributed by atoms with Crippen LogP contribution < -0.4 is 15.0 Å². The minimum absolute atomic E-state index is 0.263. The maximum Gasteiger partial charge on any atom is 0.258 e. The summed E-state index contributed by atoms with van der Waals surface area (Å²) in [6.07, 6.45) is 1.65. The van der Waals surface area contributed by atoms with Crippen LogP contribution in [0.1, 0.15) is 10.4 Å². The lowest BCUT2D eigenvalue weighted by atomic mass is 10.0. The lowest BCUT2D eigenvalue weighted by Crippen LogP contribution is -2.36. The third-order valence-corrected chi connectivity index (χ3v) is 5.49. The van der Waals surface area contributed by atoms with Crippen LogP contribution in [0.25, 0.3) is 22.2 Å². The molecule has 1 aliphatic heterocycles. The second kappa shape index (κ2) is 8.68. The van der Waals surface area contributed by atoms with Gasteiger partial charge < -0.3 is 19.4 Å². The van der Waals surface area contributed by atoms with Crippen molar-refractivity contribution in [1.82, 2.24) is 15.0 Å². The first-order valence-corrected chi connectivity index (χ1v) is 10.4. The lowest BCUT2D eigenvalue weighted by Gasteiger charge is -2.27. The second-order valence-corrected chi connectivity index (χ2v) is 7.45. The maximum absolute atomic E-state index is 13.0. The molecule has 2 aromatic carbocycles. The molecule has 3 heterocycles. The quantitative estimate of drug-likeness (QED) is 0.502. The van der Waals surface area contributed by atoms with Gasteiger partial charge >= 0.3 is 0 Å². The van der Waals surface area contributed by atoms with Crippen molar-refractivity contribution in [2.45, 2.75) is 0 Å². The molecule has 162 valence electrons. The Balaban J connectivity index is 1.45. The Morgan fingerprint density at radius 3 is 2.72 bits per heavy atom. The molecule has 8 nitrogen and oxygen atoms in total. The fourth-order valence-corrected chi connectivity index (χ4v) is 3.85. The van der Waals surface area contributed by atoms with E-state index in [0.717, 1.165) is 41.1 Å². The highest BCUT2D eigenvalue weighted by atomic mass is 16.5. The summed E-state index contributed by atoms with van der Waals surface area (Å²) in [6, 6.07) is 17.3. The number of ether oxygens (including phenoxy) is 2. The molecule has 4 aromatic rings. The summed E-state index contributed by atoms with van der Waals surface area (Å²) in [5, 5.41) is 2.88. The van der Waals surface area contributed by atoms with E-state index in [1.54, 1.807) is 25.4 Å². The Kier molecular flexibility index (Phi) is 5.43. The van der Waals surface area contributed by atoms with Gasteiger partial charge in [-0.1, -0.05) is 30.3 Å². The number of H-pyrrole nitrogens is 1. The number of pyridine rings is 1. The zero-order chi connectivity index (χ0) is 21.9. The minimum Gasteiger partial charge on any atom is -0.494 e. The summed E-state index contributed by atoms with van der Waals surface area (Å²) in [5.74, 6) is 1.52. The monoisotopic (exact) mass is 429 g/mol. The zero-order valence-electron chi connectivity index (χ0n) is 17.7. The van der Waals surface area contributed by atoms with Crippen molar-refractivity contribution >= 4 is 28.7 Å². The van der Waals surface area contributed by atoms with Gasteiger partial charge in [0.25, 0.3) is 5.91 Å². The highest BCUT2D eigenvalue weighted by Crippen LogP contribution is 2.34. The van der Waals surface area contributed by atoms with Gasteiger partial charge in [0.1, 0.15) is 22.6 Å². The third kappa shape index (κ3) is 3.88. The SMILES string of the molecule is COc1ccc(-c2ccccc2)c2nc(NC(=O)c3ccnc(N4CCOCC4)c3)[nH]c12. The summed E-state index contributed by atoms with van der Waals surface area (Å²) in [4.78, 5) is 27.3. The van der Waals surface area contributed by atoms with Gasteiger partial charge in [0.05, 0.1) is 20.3 Å². The van der Waals surface area contributed by atoms with Crippen molar-refractivity contribution in [2.75, 3.05) is 43.6 Å². The van der Waals surface area contributed by atoms with Crippen molar-refractivity contribution in [3.8, 4) is 16.9 Å². The Bertz CT molecular complexity index is 1250. The first-order chi connectivity index (χ1) is 15.7. The number of hydrogen-bond donors (Lipinski definition) is 2. The van der Waals surface area contributed by atoms with Crippen LogP contribution in [-0.4, -0.2) is 54.3 Å². The van der Waals surface area contributed by atoms with Gasteiger partial charge in [0, 0.05) is 30.4 Å². The van der Waals surface area contributed by atoms with Crippen molar-refractivity contribution in [1.29, 1.82) is 0 Å². The van der Waals surface area contributed by atoms with E-state index in [1.807, 2.05) is 42.5 Å². The molecule has 1 fully saturated rings. The number of methoxy groups -OCH3 is 1. The van der Waals surface area contributed by atoms with Crippen molar-refractivity contribution in [2.24, 2.45) is 0 Å². The van der Waals surface area contributed by atoms with Crippen LogP contribution in [0, 0.1) is 0 Å². The number of nitrogens with zero attached hydrogens (tertiary/aromatic N) is 3. The van der Waals surface area contributed by atoms with E-state index >= 15 is 0 Å². The van der Waals surface area contributed by atoms with E-state index in [9.17, 15) is 4.79 Å². The smallest absolute Gasteiger partial charge is 0.258 e. The Labute approximate surface area is 185 Å². The molecule has 0 spiro atoms. The molecule has 8 heteroatoms. The topological polar surface area (TPSA) is 92.4 Å². The van der Waals surface area contributed by atoms with E-state index in [2.05, 4.69) is 25.2 Å². The van der Waals surface area contributed by atoms with Gasteiger partial charge in [0.2, 0.25) is 5.95 Å². The molecule has 2 aromatic heterocycles. The Morgan fingerprint density at radius 2 is 1.94 bits per heavy atom. The molecule has 1 aliphatic rings. The highest BCUT2D eigenvalue weighted by molar-refractivity contribution is 6.05. The zero-order valence-corrected chi connectivity index (χ0v) is 17.7. The van der Waals surface area contributed by atoms with E-state index in [-0.39, 0.29) is 5.91 Å². The van der Waals surface area contributed by atoms with Crippen LogP contribution in [0.4, 0.5) is 11.8 Å². The fraction of sp³-hybridized carbons (Fsp3) is 0.208. The fourth-order valence-electron chi connectivity index (χ4n) is 3.85. The molecular weight excluding hydrogens is 406 g/mol. The average molecular weight is 429 g/mol. The normalized spacial score (nSPS) is 13.8. The molecule has 0 saturated carbocycles. The van der Waals surface area contributed by atoms with Crippen molar-refractivity contribution in [3.63, 3.8) is 0 Å². The highest BCUT2D eigenvalue weighted by Gasteiger charge is 2.17. The number of rotatable bonds is 5. The molecule has 0 aliphatic carbocycles. The summed E-state index contributed by atoms with van der Waals surface area (Å²) < 4.78 is 10.9. The van der Waals surface area contributed by atoms with Gasteiger partial charge in [-0.3, -0.25) is 10.1 Å². The van der Waals surface area contributed by atoms with E-state index in [1.165, 1.54) is 0 Å². The molecule has 1 saturated heterocycles. The van der Waals surface area contributed by atoms with E-state index < -0.39 is 0 Å². The molecule has 1 amide bonds. The molecule has 0 atom stereocenters. The number of carbonyl (C=O) groups is 1. The van der Waals surface area contributed by atoms with E-state index in [0.29, 0.717) is 30.5 Å². The second-order valence-electron chi connectivity index (χ2n) is 7.45. The van der Waals surface area contributed by atoms with Gasteiger partial charge in [-0.15, -0.1) is 0 Å². The number of anilines is 2. The number of aromatic amines is 1. The van der Waals surface area contributed by atoms with Crippen LogP contribution in [0.2, 0.25) is 0 Å². The molecule has 32 heavy (non-hydrogen) atoms. The lowest BCUT2D eigenvalue weighted by molar-refractivity contribution is 0.102. The van der Waals surface area contributed by atoms with Gasteiger partial charge in [-0.2, -0.15) is 0 Å².